The number of imidazole rings is 1. The first-order valence-corrected chi connectivity index (χ1v) is 6.39. The highest BCUT2D eigenvalue weighted by molar-refractivity contribution is 6.30. The summed E-state index contributed by atoms with van der Waals surface area (Å²) in [6.45, 7) is 1.88. The average molecular weight is 287 g/mol. The van der Waals surface area contributed by atoms with Gasteiger partial charge in [0.05, 0.1) is 11.0 Å². The van der Waals surface area contributed by atoms with Crippen molar-refractivity contribution in [1.29, 1.82) is 0 Å². The van der Waals surface area contributed by atoms with Gasteiger partial charge >= 0.3 is 0 Å². The van der Waals surface area contributed by atoms with Crippen molar-refractivity contribution in [3.63, 3.8) is 0 Å². The SMILES string of the molecule is Cc1nc2ccc(NC(=O)c3cc(Cl)ccn3)cc2[nH]1. The van der Waals surface area contributed by atoms with Gasteiger partial charge in [-0.15, -0.1) is 0 Å². The van der Waals surface area contributed by atoms with E-state index < -0.39 is 0 Å². The summed E-state index contributed by atoms with van der Waals surface area (Å²) in [6.07, 6.45) is 1.50. The standard InChI is InChI=1S/C14H11ClN4O/c1-8-17-11-3-2-10(7-12(11)18-8)19-14(20)13-6-9(15)4-5-16-13/h2-7H,1H3,(H,17,18)(H,19,20). The molecule has 1 aromatic carbocycles. The lowest BCUT2D eigenvalue weighted by atomic mass is 10.2. The molecule has 2 aromatic heterocycles. The number of benzene rings is 1. The number of nitrogens with one attached hydrogen (secondary N) is 2. The van der Waals surface area contributed by atoms with E-state index >= 15 is 0 Å². The lowest BCUT2D eigenvalue weighted by molar-refractivity contribution is 0.102. The first kappa shape index (κ1) is 12.6. The van der Waals surface area contributed by atoms with Crippen LogP contribution in [0.4, 0.5) is 5.69 Å². The number of halogens is 1. The number of amides is 1. The summed E-state index contributed by atoms with van der Waals surface area (Å²) < 4.78 is 0. The largest absolute Gasteiger partial charge is 0.342 e. The molecular weight excluding hydrogens is 276 g/mol. The zero-order chi connectivity index (χ0) is 14.1. The molecule has 0 fully saturated rings. The third kappa shape index (κ3) is 2.48. The molecule has 0 saturated carbocycles. The Balaban J connectivity index is 1.87. The van der Waals surface area contributed by atoms with Gasteiger partial charge in [-0.25, -0.2) is 4.98 Å². The van der Waals surface area contributed by atoms with Crippen LogP contribution in [-0.4, -0.2) is 20.9 Å². The van der Waals surface area contributed by atoms with Gasteiger partial charge < -0.3 is 10.3 Å². The molecule has 3 rings (SSSR count). The number of hydrogen-bond acceptors (Lipinski definition) is 3. The topological polar surface area (TPSA) is 70.7 Å². The summed E-state index contributed by atoms with van der Waals surface area (Å²) in [4.78, 5) is 23.5. The summed E-state index contributed by atoms with van der Waals surface area (Å²) in [5.74, 6) is 0.531. The highest BCUT2D eigenvalue weighted by Crippen LogP contribution is 2.18. The second kappa shape index (κ2) is 4.94. The molecule has 0 spiro atoms. The quantitative estimate of drug-likeness (QED) is 0.760. The van der Waals surface area contributed by atoms with E-state index in [-0.39, 0.29) is 11.6 Å². The van der Waals surface area contributed by atoms with Crippen LogP contribution in [0.15, 0.2) is 36.5 Å². The maximum absolute atomic E-state index is 12.0. The Morgan fingerprint density at radius 3 is 2.95 bits per heavy atom. The van der Waals surface area contributed by atoms with Crippen LogP contribution in [0.2, 0.25) is 5.02 Å². The van der Waals surface area contributed by atoms with Gasteiger partial charge in [-0.1, -0.05) is 11.6 Å². The van der Waals surface area contributed by atoms with Crippen molar-refractivity contribution < 1.29 is 4.79 Å². The molecule has 5 nitrogen and oxygen atoms in total. The Kier molecular flexibility index (Phi) is 3.12. The average Bonchev–Trinajstić information content (AvgIpc) is 2.78. The maximum atomic E-state index is 12.0. The fourth-order valence-corrected chi connectivity index (χ4v) is 2.10. The van der Waals surface area contributed by atoms with Gasteiger partial charge in [-0.3, -0.25) is 9.78 Å². The molecule has 100 valence electrons. The fraction of sp³-hybridized carbons (Fsp3) is 0.0714. The van der Waals surface area contributed by atoms with Gasteiger partial charge in [0.1, 0.15) is 11.5 Å². The van der Waals surface area contributed by atoms with Crippen molar-refractivity contribution in [1.82, 2.24) is 15.0 Å². The van der Waals surface area contributed by atoms with E-state index in [1.165, 1.54) is 12.3 Å². The van der Waals surface area contributed by atoms with Crippen molar-refractivity contribution in [2.75, 3.05) is 5.32 Å². The monoisotopic (exact) mass is 286 g/mol. The Hall–Kier alpha value is -2.40. The van der Waals surface area contributed by atoms with E-state index in [0.29, 0.717) is 10.7 Å². The normalized spacial score (nSPS) is 10.7. The van der Waals surface area contributed by atoms with Gasteiger partial charge in [-0.2, -0.15) is 0 Å². The Bertz CT molecular complexity index is 797. The van der Waals surface area contributed by atoms with Crippen molar-refractivity contribution in [2.45, 2.75) is 6.92 Å². The minimum atomic E-state index is -0.303. The molecule has 2 N–H and O–H groups in total. The number of anilines is 1. The molecule has 0 bridgehead atoms. The van der Waals surface area contributed by atoms with Crippen LogP contribution in [0.5, 0.6) is 0 Å². The van der Waals surface area contributed by atoms with Crippen molar-refractivity contribution in [2.24, 2.45) is 0 Å². The second-order valence-corrected chi connectivity index (χ2v) is 4.80. The predicted octanol–water partition coefficient (Wildman–Crippen LogP) is 3.17. The molecule has 0 aliphatic heterocycles. The molecule has 6 heteroatoms. The molecule has 0 atom stereocenters. The lowest BCUT2D eigenvalue weighted by Crippen LogP contribution is -2.13. The highest BCUT2D eigenvalue weighted by atomic mass is 35.5. The van der Waals surface area contributed by atoms with Crippen molar-refractivity contribution in [3.8, 4) is 0 Å². The lowest BCUT2D eigenvalue weighted by Gasteiger charge is -2.04. The Morgan fingerprint density at radius 2 is 2.15 bits per heavy atom. The summed E-state index contributed by atoms with van der Waals surface area (Å²) in [7, 11) is 0. The number of aromatic nitrogens is 3. The fourth-order valence-electron chi connectivity index (χ4n) is 1.94. The minimum Gasteiger partial charge on any atom is -0.342 e. The Morgan fingerprint density at radius 1 is 1.30 bits per heavy atom. The maximum Gasteiger partial charge on any atom is 0.274 e. The van der Waals surface area contributed by atoms with Crippen molar-refractivity contribution >= 4 is 34.2 Å². The molecular formula is C14H11ClN4O. The summed E-state index contributed by atoms with van der Waals surface area (Å²) in [6, 6.07) is 8.62. The molecule has 1 amide bonds. The zero-order valence-electron chi connectivity index (χ0n) is 10.6. The number of rotatable bonds is 2. The van der Waals surface area contributed by atoms with Gasteiger partial charge in [-0.05, 0) is 37.3 Å². The smallest absolute Gasteiger partial charge is 0.274 e. The number of carbonyl (C=O) groups is 1. The number of carbonyl (C=O) groups excluding carboxylic acids is 1. The number of aromatic amines is 1. The zero-order valence-corrected chi connectivity index (χ0v) is 11.4. The van der Waals surface area contributed by atoms with Crippen LogP contribution >= 0.6 is 11.6 Å². The van der Waals surface area contributed by atoms with E-state index in [4.69, 9.17) is 11.6 Å². The van der Waals surface area contributed by atoms with Crippen LogP contribution in [0, 0.1) is 6.92 Å². The first-order valence-electron chi connectivity index (χ1n) is 6.01. The molecule has 0 saturated heterocycles. The molecule has 20 heavy (non-hydrogen) atoms. The Labute approximate surface area is 120 Å². The van der Waals surface area contributed by atoms with E-state index in [1.54, 1.807) is 12.1 Å². The third-order valence-electron chi connectivity index (χ3n) is 2.81. The number of nitrogens with zero attached hydrogens (tertiary/aromatic N) is 2. The van der Waals surface area contributed by atoms with E-state index in [9.17, 15) is 4.79 Å². The second-order valence-electron chi connectivity index (χ2n) is 4.37. The first-order chi connectivity index (χ1) is 9.61. The number of H-pyrrole nitrogens is 1. The van der Waals surface area contributed by atoms with E-state index in [1.807, 2.05) is 19.1 Å². The van der Waals surface area contributed by atoms with Gasteiger partial charge in [0.15, 0.2) is 0 Å². The van der Waals surface area contributed by atoms with Crippen LogP contribution in [-0.2, 0) is 0 Å². The molecule has 0 aliphatic rings. The van der Waals surface area contributed by atoms with Crippen molar-refractivity contribution in [3.05, 3.63) is 53.1 Å². The van der Waals surface area contributed by atoms with E-state index in [0.717, 1.165) is 16.9 Å². The number of hydrogen-bond donors (Lipinski definition) is 2. The van der Waals surface area contributed by atoms with Crippen LogP contribution in [0.25, 0.3) is 11.0 Å². The summed E-state index contributed by atoms with van der Waals surface area (Å²) in [5.41, 5.74) is 2.69. The highest BCUT2D eigenvalue weighted by Gasteiger charge is 2.09. The molecule has 0 unspecified atom stereocenters. The van der Waals surface area contributed by atoms with Gasteiger partial charge in [0.25, 0.3) is 5.91 Å². The van der Waals surface area contributed by atoms with Crippen LogP contribution in [0.1, 0.15) is 16.3 Å². The summed E-state index contributed by atoms with van der Waals surface area (Å²) in [5, 5.41) is 3.26. The number of fused-ring (bicyclic) bond motifs is 1. The summed E-state index contributed by atoms with van der Waals surface area (Å²) >= 11 is 5.84. The van der Waals surface area contributed by atoms with E-state index in [2.05, 4.69) is 20.3 Å². The van der Waals surface area contributed by atoms with Gasteiger partial charge in [0, 0.05) is 16.9 Å². The molecule has 2 heterocycles. The third-order valence-corrected chi connectivity index (χ3v) is 3.05. The van der Waals surface area contributed by atoms with Gasteiger partial charge in [0.2, 0.25) is 0 Å². The predicted molar refractivity (Wildman–Crippen MR) is 78.0 cm³/mol. The number of aryl methyl sites for hydroxylation is 1. The van der Waals surface area contributed by atoms with Crippen LogP contribution < -0.4 is 5.32 Å². The molecule has 0 radical (unpaired) electrons. The van der Waals surface area contributed by atoms with Crippen LogP contribution in [0.3, 0.4) is 0 Å². The minimum absolute atomic E-state index is 0.276. The molecule has 3 aromatic rings. The molecule has 0 aliphatic carbocycles. The number of pyridine rings is 1.